The van der Waals surface area contributed by atoms with E-state index in [9.17, 15) is 0 Å². The molecule has 1 fully saturated rings. The summed E-state index contributed by atoms with van der Waals surface area (Å²) in [5, 5.41) is 13.1. The van der Waals surface area contributed by atoms with Crippen LogP contribution in [0.1, 0.15) is 36.7 Å². The largest absolute Gasteiger partial charge is 0.396 e. The van der Waals surface area contributed by atoms with Gasteiger partial charge in [-0.25, -0.2) is 4.68 Å². The van der Waals surface area contributed by atoms with Gasteiger partial charge in [0.25, 0.3) is 0 Å². The zero-order chi connectivity index (χ0) is 10.7. The van der Waals surface area contributed by atoms with Crippen LogP contribution in [0, 0.1) is 6.92 Å². The van der Waals surface area contributed by atoms with Crippen LogP contribution in [-0.2, 0) is 11.2 Å². The lowest BCUT2D eigenvalue weighted by Gasteiger charge is -2.12. The number of aromatic nitrogens is 2. The zero-order valence-corrected chi connectivity index (χ0v) is 9.15. The minimum absolute atomic E-state index is 0.132. The van der Waals surface area contributed by atoms with Crippen LogP contribution in [0.25, 0.3) is 0 Å². The molecule has 1 aliphatic heterocycles. The molecule has 0 radical (unpaired) electrons. The molecule has 0 bridgehead atoms. The lowest BCUT2D eigenvalue weighted by Crippen LogP contribution is -2.10. The summed E-state index contributed by atoms with van der Waals surface area (Å²) in [4.78, 5) is 0. The van der Waals surface area contributed by atoms with Gasteiger partial charge in [0.2, 0.25) is 0 Å². The van der Waals surface area contributed by atoms with E-state index in [1.165, 1.54) is 11.3 Å². The van der Waals surface area contributed by atoms with Gasteiger partial charge in [0.15, 0.2) is 6.23 Å². The number of rotatable bonds is 4. The SMILES string of the molecule is Cc1c(CCCO)cnn1C1CCCO1. The molecule has 4 nitrogen and oxygen atoms in total. The van der Waals surface area contributed by atoms with Crippen molar-refractivity contribution in [2.24, 2.45) is 0 Å². The summed E-state index contributed by atoms with van der Waals surface area (Å²) >= 11 is 0. The van der Waals surface area contributed by atoms with Gasteiger partial charge < -0.3 is 9.84 Å². The van der Waals surface area contributed by atoms with Crippen LogP contribution in [0.15, 0.2) is 6.20 Å². The highest BCUT2D eigenvalue weighted by atomic mass is 16.5. The fourth-order valence-electron chi connectivity index (χ4n) is 2.02. The minimum Gasteiger partial charge on any atom is -0.396 e. The van der Waals surface area contributed by atoms with Gasteiger partial charge in [0.05, 0.1) is 6.20 Å². The molecular weight excluding hydrogens is 192 g/mol. The molecule has 1 aliphatic rings. The Labute approximate surface area is 89.9 Å². The van der Waals surface area contributed by atoms with Crippen molar-refractivity contribution in [3.8, 4) is 0 Å². The standard InChI is InChI=1S/C11H18N2O2/c1-9-10(4-2-6-14)8-12-13(9)11-5-3-7-15-11/h8,11,14H,2-7H2,1H3. The zero-order valence-electron chi connectivity index (χ0n) is 9.15. The fourth-order valence-corrected chi connectivity index (χ4v) is 2.02. The van der Waals surface area contributed by atoms with Gasteiger partial charge in [-0.1, -0.05) is 0 Å². The molecule has 0 spiro atoms. The first-order chi connectivity index (χ1) is 7.33. The quantitative estimate of drug-likeness (QED) is 0.817. The van der Waals surface area contributed by atoms with Crippen molar-refractivity contribution in [2.75, 3.05) is 13.2 Å². The molecule has 2 rings (SSSR count). The average Bonchev–Trinajstić information content (AvgIpc) is 2.84. The molecule has 0 saturated carbocycles. The molecule has 4 heteroatoms. The molecule has 0 aliphatic carbocycles. The second-order valence-electron chi connectivity index (χ2n) is 3.99. The lowest BCUT2D eigenvalue weighted by molar-refractivity contribution is 0.0450. The van der Waals surface area contributed by atoms with E-state index in [4.69, 9.17) is 9.84 Å². The van der Waals surface area contributed by atoms with E-state index < -0.39 is 0 Å². The topological polar surface area (TPSA) is 47.3 Å². The number of ether oxygens (including phenoxy) is 1. The summed E-state index contributed by atoms with van der Waals surface area (Å²) < 4.78 is 7.56. The fraction of sp³-hybridized carbons (Fsp3) is 0.727. The van der Waals surface area contributed by atoms with Crippen LogP contribution in [0.3, 0.4) is 0 Å². The predicted molar refractivity (Wildman–Crippen MR) is 56.6 cm³/mol. The second kappa shape index (κ2) is 4.77. The van der Waals surface area contributed by atoms with Crippen molar-refractivity contribution in [1.82, 2.24) is 9.78 Å². The summed E-state index contributed by atoms with van der Waals surface area (Å²) in [5.41, 5.74) is 2.40. The maximum absolute atomic E-state index is 8.78. The van der Waals surface area contributed by atoms with Crippen LogP contribution in [0.2, 0.25) is 0 Å². The number of aryl methyl sites for hydroxylation is 1. The number of nitrogens with zero attached hydrogens (tertiary/aromatic N) is 2. The summed E-state index contributed by atoms with van der Waals surface area (Å²) in [7, 11) is 0. The molecule has 1 saturated heterocycles. The summed E-state index contributed by atoms with van der Waals surface area (Å²) in [6.07, 6.45) is 5.91. The van der Waals surface area contributed by atoms with Gasteiger partial charge >= 0.3 is 0 Å². The van der Waals surface area contributed by atoms with E-state index in [0.29, 0.717) is 0 Å². The van der Waals surface area contributed by atoms with Crippen LogP contribution in [-0.4, -0.2) is 28.1 Å². The first-order valence-corrected chi connectivity index (χ1v) is 5.58. The molecule has 1 aromatic rings. The third-order valence-corrected chi connectivity index (χ3v) is 2.93. The van der Waals surface area contributed by atoms with Gasteiger partial charge in [0, 0.05) is 18.9 Å². The Hall–Kier alpha value is -0.870. The van der Waals surface area contributed by atoms with E-state index in [2.05, 4.69) is 12.0 Å². The lowest BCUT2D eigenvalue weighted by atomic mass is 10.1. The van der Waals surface area contributed by atoms with Gasteiger partial charge in [-0.15, -0.1) is 0 Å². The van der Waals surface area contributed by atoms with Crippen LogP contribution < -0.4 is 0 Å². The summed E-state index contributed by atoms with van der Waals surface area (Å²) in [5.74, 6) is 0. The highest BCUT2D eigenvalue weighted by Gasteiger charge is 2.20. The van der Waals surface area contributed by atoms with Crippen molar-refractivity contribution in [2.45, 2.75) is 38.8 Å². The molecule has 0 amide bonds. The minimum atomic E-state index is 0.132. The van der Waals surface area contributed by atoms with Crippen LogP contribution >= 0.6 is 0 Å². The van der Waals surface area contributed by atoms with E-state index in [-0.39, 0.29) is 12.8 Å². The predicted octanol–water partition coefficient (Wildman–Crippen LogP) is 1.43. The average molecular weight is 210 g/mol. The highest BCUT2D eigenvalue weighted by Crippen LogP contribution is 2.24. The maximum atomic E-state index is 8.78. The smallest absolute Gasteiger partial charge is 0.150 e. The van der Waals surface area contributed by atoms with E-state index in [0.717, 1.165) is 32.3 Å². The second-order valence-corrected chi connectivity index (χ2v) is 3.99. The van der Waals surface area contributed by atoms with Gasteiger partial charge in [-0.3, -0.25) is 0 Å². The normalized spacial score (nSPS) is 21.1. The molecule has 15 heavy (non-hydrogen) atoms. The van der Waals surface area contributed by atoms with Crippen molar-refractivity contribution >= 4 is 0 Å². The van der Waals surface area contributed by atoms with Gasteiger partial charge in [-0.05, 0) is 38.2 Å². The highest BCUT2D eigenvalue weighted by molar-refractivity contribution is 5.16. The van der Waals surface area contributed by atoms with Crippen molar-refractivity contribution in [3.63, 3.8) is 0 Å². The number of aliphatic hydroxyl groups is 1. The molecule has 2 heterocycles. The van der Waals surface area contributed by atoms with Crippen LogP contribution in [0.4, 0.5) is 0 Å². The molecule has 1 unspecified atom stereocenters. The Balaban J connectivity index is 2.08. The Morgan fingerprint density at radius 1 is 1.67 bits per heavy atom. The van der Waals surface area contributed by atoms with Crippen molar-refractivity contribution in [1.29, 1.82) is 0 Å². The van der Waals surface area contributed by atoms with Crippen molar-refractivity contribution in [3.05, 3.63) is 17.5 Å². The first-order valence-electron chi connectivity index (χ1n) is 5.58. The van der Waals surface area contributed by atoms with E-state index in [1.807, 2.05) is 10.9 Å². The Morgan fingerprint density at radius 3 is 3.20 bits per heavy atom. The molecule has 84 valence electrons. The Morgan fingerprint density at radius 2 is 2.53 bits per heavy atom. The summed E-state index contributed by atoms with van der Waals surface area (Å²) in [6, 6.07) is 0. The maximum Gasteiger partial charge on any atom is 0.150 e. The number of aliphatic hydroxyl groups excluding tert-OH is 1. The Kier molecular flexibility index (Phi) is 3.38. The van der Waals surface area contributed by atoms with E-state index in [1.54, 1.807) is 0 Å². The van der Waals surface area contributed by atoms with Gasteiger partial charge in [-0.2, -0.15) is 5.10 Å². The van der Waals surface area contributed by atoms with Crippen molar-refractivity contribution < 1.29 is 9.84 Å². The molecule has 1 N–H and O–H groups in total. The summed E-state index contributed by atoms with van der Waals surface area (Å²) in [6.45, 7) is 3.15. The third kappa shape index (κ3) is 2.21. The number of hydrogen-bond donors (Lipinski definition) is 1. The molecule has 1 aromatic heterocycles. The first kappa shape index (κ1) is 10.6. The molecular formula is C11H18N2O2. The van der Waals surface area contributed by atoms with Crippen LogP contribution in [0.5, 0.6) is 0 Å². The third-order valence-electron chi connectivity index (χ3n) is 2.93. The number of hydrogen-bond acceptors (Lipinski definition) is 3. The Bertz CT molecular complexity index is 316. The molecule has 0 aromatic carbocycles. The molecule has 1 atom stereocenters. The van der Waals surface area contributed by atoms with E-state index >= 15 is 0 Å². The monoisotopic (exact) mass is 210 g/mol. The van der Waals surface area contributed by atoms with Gasteiger partial charge in [0.1, 0.15) is 0 Å².